The summed E-state index contributed by atoms with van der Waals surface area (Å²) in [6.45, 7) is 25.0. The third kappa shape index (κ3) is 6.12. The first-order valence-electron chi connectivity index (χ1n) is 14.9. The Morgan fingerprint density at radius 2 is 1.28 bits per heavy atom. The smallest absolute Gasteiger partial charge is 0.262 e. The lowest BCUT2D eigenvalue weighted by molar-refractivity contribution is -0.116. The first-order chi connectivity index (χ1) is 18.3. The van der Waals surface area contributed by atoms with Crippen molar-refractivity contribution in [1.29, 1.82) is 0 Å². The molecule has 0 saturated heterocycles. The van der Waals surface area contributed by atoms with E-state index < -0.39 is 22.7 Å². The molecule has 39 heavy (non-hydrogen) atoms. The van der Waals surface area contributed by atoms with Crippen LogP contribution in [0.5, 0.6) is 0 Å². The lowest BCUT2D eigenvalue weighted by Crippen LogP contribution is -2.68. The molecule has 1 aliphatic carbocycles. The Bertz CT molecular complexity index is 998. The first-order valence-corrected chi connectivity index (χ1v) is 18.9. The van der Waals surface area contributed by atoms with Crippen molar-refractivity contribution in [3.8, 4) is 0 Å². The van der Waals surface area contributed by atoms with E-state index in [1.54, 1.807) is 0 Å². The van der Waals surface area contributed by atoms with Gasteiger partial charge in [-0.2, -0.15) is 0 Å². The summed E-state index contributed by atoms with van der Waals surface area (Å²) in [5, 5.41) is 2.20. The summed E-state index contributed by atoms with van der Waals surface area (Å²) in [5.41, 5.74) is 1.57. The minimum Gasteiger partial charge on any atom is -0.413 e. The van der Waals surface area contributed by atoms with Crippen LogP contribution in [0.3, 0.4) is 0 Å². The van der Waals surface area contributed by atoms with Gasteiger partial charge in [-0.05, 0) is 56.7 Å². The molecule has 0 spiro atoms. The number of allylic oxidation sites excluding steroid dienone is 1. The van der Waals surface area contributed by atoms with E-state index in [-0.39, 0.29) is 23.0 Å². The SMILES string of the molecule is C=C[C@@H]1C[C@@H](O[Si](C(C)C)(C(C)C)C(C)C)C[C@H]1[C@H](C=O)O[Si](c1ccccc1)(c1ccccc1)C(C)(C)C. The molecular formula is C34H52O3Si2. The van der Waals surface area contributed by atoms with Gasteiger partial charge in [0.2, 0.25) is 8.32 Å². The number of rotatable bonds is 12. The topological polar surface area (TPSA) is 35.5 Å². The maximum Gasteiger partial charge on any atom is 0.262 e. The monoisotopic (exact) mass is 564 g/mol. The van der Waals surface area contributed by atoms with E-state index in [4.69, 9.17) is 8.85 Å². The lowest BCUT2D eigenvalue weighted by Gasteiger charge is -2.45. The van der Waals surface area contributed by atoms with Crippen molar-refractivity contribution in [3.05, 3.63) is 73.3 Å². The highest BCUT2D eigenvalue weighted by atomic mass is 28.4. The fraction of sp³-hybridized carbons (Fsp3) is 0.559. The van der Waals surface area contributed by atoms with Crippen LogP contribution in [-0.2, 0) is 13.6 Å². The predicted molar refractivity (Wildman–Crippen MR) is 171 cm³/mol. The van der Waals surface area contributed by atoms with Crippen LogP contribution in [-0.4, -0.2) is 35.1 Å². The Hall–Kier alpha value is -1.80. The highest BCUT2D eigenvalue weighted by Gasteiger charge is 2.54. The van der Waals surface area contributed by atoms with Crippen LogP contribution in [0, 0.1) is 11.8 Å². The van der Waals surface area contributed by atoms with E-state index in [1.807, 2.05) is 6.08 Å². The Morgan fingerprint density at radius 3 is 1.64 bits per heavy atom. The van der Waals surface area contributed by atoms with E-state index in [1.165, 1.54) is 10.4 Å². The summed E-state index contributed by atoms with van der Waals surface area (Å²) < 4.78 is 14.6. The van der Waals surface area contributed by atoms with Crippen molar-refractivity contribution < 1.29 is 13.6 Å². The fourth-order valence-electron chi connectivity index (χ4n) is 7.61. The molecule has 0 radical (unpaired) electrons. The summed E-state index contributed by atoms with van der Waals surface area (Å²) in [7, 11) is -4.91. The molecule has 1 saturated carbocycles. The second kappa shape index (κ2) is 12.8. The van der Waals surface area contributed by atoms with Crippen molar-refractivity contribution in [2.24, 2.45) is 11.8 Å². The normalized spacial score (nSPS) is 21.5. The highest BCUT2D eigenvalue weighted by Crippen LogP contribution is 2.48. The molecule has 0 heterocycles. The summed E-state index contributed by atoms with van der Waals surface area (Å²) in [5.74, 6) is 0.228. The fourth-order valence-corrected chi connectivity index (χ4v) is 17.8. The van der Waals surface area contributed by atoms with Crippen molar-refractivity contribution >= 4 is 33.3 Å². The zero-order valence-corrected chi connectivity index (χ0v) is 27.8. The van der Waals surface area contributed by atoms with E-state index in [0.29, 0.717) is 16.6 Å². The first kappa shape index (κ1) is 31.7. The van der Waals surface area contributed by atoms with Gasteiger partial charge in [0.25, 0.3) is 8.32 Å². The van der Waals surface area contributed by atoms with Crippen LogP contribution in [0.25, 0.3) is 0 Å². The number of hydrogen-bond donors (Lipinski definition) is 0. The van der Waals surface area contributed by atoms with Gasteiger partial charge < -0.3 is 13.6 Å². The molecule has 0 N–H and O–H groups in total. The van der Waals surface area contributed by atoms with Gasteiger partial charge in [-0.3, -0.25) is 0 Å². The maximum absolute atomic E-state index is 13.0. The van der Waals surface area contributed by atoms with Crippen molar-refractivity contribution in [2.45, 2.75) is 109 Å². The minimum absolute atomic E-state index is 0.0461. The van der Waals surface area contributed by atoms with E-state index in [0.717, 1.165) is 19.1 Å². The Kier molecular flexibility index (Phi) is 10.4. The number of aldehydes is 1. The molecule has 1 aliphatic rings. The molecule has 214 valence electrons. The molecule has 5 heteroatoms. The average Bonchev–Trinajstić information content (AvgIpc) is 3.30. The van der Waals surface area contributed by atoms with Gasteiger partial charge >= 0.3 is 0 Å². The molecule has 0 aliphatic heterocycles. The van der Waals surface area contributed by atoms with Gasteiger partial charge in [0.05, 0.1) is 0 Å². The number of benzene rings is 2. The van der Waals surface area contributed by atoms with Crippen LogP contribution in [0.2, 0.25) is 21.7 Å². The Morgan fingerprint density at radius 1 is 0.821 bits per heavy atom. The van der Waals surface area contributed by atoms with Gasteiger partial charge in [-0.15, -0.1) is 6.58 Å². The Labute approximate surface area is 240 Å². The van der Waals surface area contributed by atoms with Crippen LogP contribution in [0.15, 0.2) is 73.3 Å². The van der Waals surface area contributed by atoms with Crippen molar-refractivity contribution in [1.82, 2.24) is 0 Å². The molecule has 0 bridgehead atoms. The molecule has 0 unspecified atom stereocenters. The molecular weight excluding hydrogens is 513 g/mol. The summed E-state index contributed by atoms with van der Waals surface area (Å²) in [4.78, 5) is 13.0. The molecule has 3 rings (SSSR count). The van der Waals surface area contributed by atoms with Gasteiger partial charge in [0.15, 0.2) is 0 Å². The summed E-state index contributed by atoms with van der Waals surface area (Å²) in [6, 6.07) is 21.2. The van der Waals surface area contributed by atoms with Gasteiger partial charge in [0, 0.05) is 6.10 Å². The third-order valence-electron chi connectivity index (χ3n) is 9.29. The third-order valence-corrected chi connectivity index (χ3v) is 20.5. The molecule has 0 aromatic heterocycles. The van der Waals surface area contributed by atoms with E-state index >= 15 is 0 Å². The molecule has 2 aromatic carbocycles. The number of carbonyl (C=O) groups excluding carboxylic acids is 1. The van der Waals surface area contributed by atoms with Crippen LogP contribution >= 0.6 is 0 Å². The second-order valence-electron chi connectivity index (χ2n) is 13.5. The summed E-state index contributed by atoms with van der Waals surface area (Å²) in [6.07, 6.45) is 4.45. The zero-order chi connectivity index (χ0) is 29.0. The lowest BCUT2D eigenvalue weighted by atomic mass is 9.91. The zero-order valence-electron chi connectivity index (χ0n) is 25.8. The molecule has 3 nitrogen and oxygen atoms in total. The Balaban J connectivity index is 2.04. The standard InChI is InChI=1S/C34H52O3Si2/c1-11-28-22-29(36-38(25(2)3,26(4)5)27(6)7)23-32(28)33(24-35)37-39(34(8,9)10,30-18-14-12-15-19-30)31-20-16-13-17-21-31/h11-21,24-29,32-33H,1,22-23H2,2-10H3/t28-,29-,32-,33+/m1/s1. The van der Waals surface area contributed by atoms with Gasteiger partial charge in [-0.1, -0.05) is 129 Å². The van der Waals surface area contributed by atoms with E-state index in [2.05, 4.69) is 130 Å². The van der Waals surface area contributed by atoms with Crippen molar-refractivity contribution in [3.63, 3.8) is 0 Å². The van der Waals surface area contributed by atoms with Gasteiger partial charge in [-0.25, -0.2) is 0 Å². The molecule has 4 atom stereocenters. The maximum atomic E-state index is 13.0. The highest BCUT2D eigenvalue weighted by molar-refractivity contribution is 6.99. The molecule has 2 aromatic rings. The average molecular weight is 565 g/mol. The second-order valence-corrected chi connectivity index (χ2v) is 23.1. The summed E-state index contributed by atoms with van der Waals surface area (Å²) >= 11 is 0. The molecule has 0 amide bonds. The quantitative estimate of drug-likeness (QED) is 0.149. The molecule has 1 fully saturated rings. The van der Waals surface area contributed by atoms with Crippen LogP contribution < -0.4 is 10.4 Å². The van der Waals surface area contributed by atoms with Crippen molar-refractivity contribution in [2.75, 3.05) is 0 Å². The largest absolute Gasteiger partial charge is 0.413 e. The number of hydrogen-bond acceptors (Lipinski definition) is 3. The van der Waals surface area contributed by atoms with Gasteiger partial charge in [0.1, 0.15) is 12.4 Å². The minimum atomic E-state index is -2.86. The van der Waals surface area contributed by atoms with E-state index in [9.17, 15) is 4.79 Å². The van der Waals surface area contributed by atoms with Crippen LogP contribution in [0.1, 0.15) is 75.2 Å². The number of carbonyl (C=O) groups is 1. The van der Waals surface area contributed by atoms with Crippen LogP contribution in [0.4, 0.5) is 0 Å². The predicted octanol–water partition coefficient (Wildman–Crippen LogP) is 7.90.